The number of aromatic nitrogens is 2. The highest BCUT2D eigenvalue weighted by atomic mass is 16.4. The first-order chi connectivity index (χ1) is 11.0. The molecule has 0 spiro atoms. The molecule has 7 nitrogen and oxygen atoms in total. The van der Waals surface area contributed by atoms with Crippen LogP contribution < -0.4 is 5.32 Å². The maximum atomic E-state index is 12.5. The van der Waals surface area contributed by atoms with E-state index in [1.54, 1.807) is 36.3 Å². The van der Waals surface area contributed by atoms with Crippen LogP contribution in [0.15, 0.2) is 29.0 Å². The predicted molar refractivity (Wildman–Crippen MR) is 81.8 cm³/mol. The van der Waals surface area contributed by atoms with Gasteiger partial charge in [-0.3, -0.25) is 14.3 Å². The summed E-state index contributed by atoms with van der Waals surface area (Å²) in [6, 6.07) is 3.51. The second-order valence-electron chi connectivity index (χ2n) is 5.90. The van der Waals surface area contributed by atoms with Crippen LogP contribution in [0, 0.1) is 5.92 Å². The lowest BCUT2D eigenvalue weighted by atomic mass is 9.86. The summed E-state index contributed by atoms with van der Waals surface area (Å²) in [7, 11) is 1.75. The number of carboxylic acid groups (broad SMARTS) is 1. The highest BCUT2D eigenvalue weighted by Crippen LogP contribution is 2.26. The summed E-state index contributed by atoms with van der Waals surface area (Å²) >= 11 is 0. The molecule has 0 aromatic carbocycles. The number of aryl methyl sites for hydroxylation is 1. The zero-order valence-corrected chi connectivity index (χ0v) is 12.9. The number of hydrogen-bond donors (Lipinski definition) is 2. The summed E-state index contributed by atoms with van der Waals surface area (Å²) in [4.78, 5) is 23.5. The normalized spacial score (nSPS) is 21.1. The number of carbonyl (C=O) groups excluding carboxylic acids is 1. The smallest absolute Gasteiger partial charge is 0.306 e. The third kappa shape index (κ3) is 3.28. The molecule has 0 radical (unpaired) electrons. The molecule has 122 valence electrons. The quantitative estimate of drug-likeness (QED) is 0.899. The molecule has 1 amide bonds. The van der Waals surface area contributed by atoms with Crippen LogP contribution in [-0.2, 0) is 11.8 Å². The van der Waals surface area contributed by atoms with Gasteiger partial charge in [0.25, 0.3) is 5.91 Å². The van der Waals surface area contributed by atoms with E-state index in [1.807, 2.05) is 0 Å². The molecular weight excluding hydrogens is 298 g/mol. The van der Waals surface area contributed by atoms with Crippen LogP contribution in [-0.4, -0.2) is 32.8 Å². The fraction of sp³-hybridized carbons (Fsp3) is 0.438. The van der Waals surface area contributed by atoms with E-state index in [-0.39, 0.29) is 17.9 Å². The topological polar surface area (TPSA) is 97.4 Å². The van der Waals surface area contributed by atoms with Crippen LogP contribution in [0.4, 0.5) is 0 Å². The average molecular weight is 317 g/mol. The van der Waals surface area contributed by atoms with Crippen LogP contribution >= 0.6 is 0 Å². The first-order valence-corrected chi connectivity index (χ1v) is 7.66. The molecule has 1 aliphatic carbocycles. The van der Waals surface area contributed by atoms with Gasteiger partial charge < -0.3 is 14.8 Å². The van der Waals surface area contributed by atoms with Crippen LogP contribution in [0.1, 0.15) is 36.0 Å². The van der Waals surface area contributed by atoms with Gasteiger partial charge >= 0.3 is 5.97 Å². The van der Waals surface area contributed by atoms with E-state index < -0.39 is 5.97 Å². The summed E-state index contributed by atoms with van der Waals surface area (Å²) in [6.07, 6.45) is 5.75. The SMILES string of the molecule is Cn1cc(C(=O)NC2CCC(C(=O)O)CC2)c(-c2ccco2)n1. The maximum absolute atomic E-state index is 12.5. The lowest BCUT2D eigenvalue weighted by Crippen LogP contribution is -2.38. The van der Waals surface area contributed by atoms with E-state index in [4.69, 9.17) is 9.52 Å². The molecule has 1 saturated carbocycles. The van der Waals surface area contributed by atoms with Gasteiger partial charge in [-0.05, 0) is 37.8 Å². The van der Waals surface area contributed by atoms with Crippen molar-refractivity contribution in [2.75, 3.05) is 0 Å². The van der Waals surface area contributed by atoms with Crippen molar-refractivity contribution in [2.24, 2.45) is 13.0 Å². The van der Waals surface area contributed by atoms with Gasteiger partial charge in [0, 0.05) is 19.3 Å². The molecule has 0 aliphatic heterocycles. The number of furan rings is 1. The molecule has 0 bridgehead atoms. The Labute approximate surface area is 133 Å². The summed E-state index contributed by atoms with van der Waals surface area (Å²) in [5, 5.41) is 16.3. The van der Waals surface area contributed by atoms with Crippen molar-refractivity contribution in [3.8, 4) is 11.5 Å². The third-order valence-corrected chi connectivity index (χ3v) is 4.24. The molecule has 2 N–H and O–H groups in total. The monoisotopic (exact) mass is 317 g/mol. The van der Waals surface area contributed by atoms with Crippen LogP contribution in [0.2, 0.25) is 0 Å². The molecule has 0 atom stereocenters. The van der Waals surface area contributed by atoms with Gasteiger partial charge in [0.1, 0.15) is 5.69 Å². The van der Waals surface area contributed by atoms with Crippen molar-refractivity contribution in [2.45, 2.75) is 31.7 Å². The zero-order valence-electron chi connectivity index (χ0n) is 12.9. The predicted octanol–water partition coefficient (Wildman–Crippen LogP) is 2.05. The number of aliphatic carboxylic acids is 1. The van der Waals surface area contributed by atoms with Gasteiger partial charge in [-0.2, -0.15) is 5.10 Å². The Bertz CT molecular complexity index is 697. The molecule has 2 heterocycles. The van der Waals surface area contributed by atoms with Crippen LogP contribution in [0.25, 0.3) is 11.5 Å². The van der Waals surface area contributed by atoms with E-state index >= 15 is 0 Å². The standard InChI is InChI=1S/C16H19N3O4/c1-19-9-12(14(18-19)13-3-2-8-23-13)15(20)17-11-6-4-10(5-7-11)16(21)22/h2-3,8-11H,4-7H2,1H3,(H,17,20)(H,21,22). The largest absolute Gasteiger partial charge is 0.481 e. The first kappa shape index (κ1) is 15.3. The molecule has 23 heavy (non-hydrogen) atoms. The molecule has 0 saturated heterocycles. The van der Waals surface area contributed by atoms with Crippen molar-refractivity contribution in [3.63, 3.8) is 0 Å². The molecule has 7 heteroatoms. The molecule has 2 aromatic rings. The number of amides is 1. The van der Waals surface area contributed by atoms with Gasteiger partial charge in [-0.25, -0.2) is 0 Å². The Hall–Kier alpha value is -2.57. The molecule has 1 aliphatic rings. The fourth-order valence-electron chi connectivity index (χ4n) is 3.00. The second-order valence-corrected chi connectivity index (χ2v) is 5.90. The average Bonchev–Trinajstić information content (AvgIpc) is 3.16. The van der Waals surface area contributed by atoms with Crippen molar-refractivity contribution in [3.05, 3.63) is 30.2 Å². The van der Waals surface area contributed by atoms with Gasteiger partial charge in [-0.1, -0.05) is 0 Å². The van der Waals surface area contributed by atoms with Crippen molar-refractivity contribution in [1.29, 1.82) is 0 Å². The molecule has 2 aromatic heterocycles. The minimum atomic E-state index is -0.748. The number of carboxylic acids is 1. The summed E-state index contributed by atoms with van der Waals surface area (Å²) < 4.78 is 6.91. The number of hydrogen-bond acceptors (Lipinski definition) is 4. The van der Waals surface area contributed by atoms with Crippen LogP contribution in [0.3, 0.4) is 0 Å². The highest BCUT2D eigenvalue weighted by molar-refractivity contribution is 5.99. The Kier molecular flexibility index (Phi) is 4.18. The molecule has 0 unspecified atom stereocenters. The number of rotatable bonds is 4. The van der Waals surface area contributed by atoms with E-state index in [2.05, 4.69) is 10.4 Å². The number of nitrogens with one attached hydrogen (secondary N) is 1. The molecular formula is C16H19N3O4. The molecule has 1 fully saturated rings. The van der Waals surface area contributed by atoms with Crippen LogP contribution in [0.5, 0.6) is 0 Å². The van der Waals surface area contributed by atoms with Crippen molar-refractivity contribution >= 4 is 11.9 Å². The van der Waals surface area contributed by atoms with Gasteiger partial charge in [0.05, 0.1) is 17.7 Å². The first-order valence-electron chi connectivity index (χ1n) is 7.66. The highest BCUT2D eigenvalue weighted by Gasteiger charge is 2.28. The van der Waals surface area contributed by atoms with Gasteiger partial charge in [0.15, 0.2) is 5.76 Å². The number of nitrogens with zero attached hydrogens (tertiary/aromatic N) is 2. The summed E-state index contributed by atoms with van der Waals surface area (Å²) in [5.41, 5.74) is 0.969. The van der Waals surface area contributed by atoms with E-state index in [9.17, 15) is 9.59 Å². The van der Waals surface area contributed by atoms with E-state index in [0.717, 1.165) is 0 Å². The summed E-state index contributed by atoms with van der Waals surface area (Å²) in [6.45, 7) is 0. The lowest BCUT2D eigenvalue weighted by molar-refractivity contribution is -0.142. The lowest BCUT2D eigenvalue weighted by Gasteiger charge is -2.26. The van der Waals surface area contributed by atoms with Crippen molar-refractivity contribution in [1.82, 2.24) is 15.1 Å². The Morgan fingerprint density at radius 3 is 2.70 bits per heavy atom. The minimum Gasteiger partial charge on any atom is -0.481 e. The second kappa shape index (κ2) is 6.28. The van der Waals surface area contributed by atoms with E-state index in [0.29, 0.717) is 42.7 Å². The Balaban J connectivity index is 1.69. The van der Waals surface area contributed by atoms with Gasteiger partial charge in [-0.15, -0.1) is 0 Å². The van der Waals surface area contributed by atoms with E-state index in [1.165, 1.54) is 0 Å². The minimum absolute atomic E-state index is 0.00255. The summed E-state index contributed by atoms with van der Waals surface area (Å²) in [5.74, 6) is -0.698. The Morgan fingerprint density at radius 2 is 2.09 bits per heavy atom. The van der Waals surface area contributed by atoms with Gasteiger partial charge in [0.2, 0.25) is 0 Å². The maximum Gasteiger partial charge on any atom is 0.306 e. The Morgan fingerprint density at radius 1 is 1.35 bits per heavy atom. The zero-order chi connectivity index (χ0) is 16.4. The third-order valence-electron chi connectivity index (χ3n) is 4.24. The molecule has 3 rings (SSSR count). The fourth-order valence-corrected chi connectivity index (χ4v) is 3.00. The van der Waals surface area contributed by atoms with Crippen molar-refractivity contribution < 1.29 is 19.1 Å². The number of carbonyl (C=O) groups is 2.